The Bertz CT molecular complexity index is 955. The number of piperazine rings is 1. The summed E-state index contributed by atoms with van der Waals surface area (Å²) in [6.45, 7) is 4.94. The number of aliphatic hydroxyl groups is 1. The molecular weight excluding hydrogens is 366 g/mol. The highest BCUT2D eigenvalue weighted by molar-refractivity contribution is 5.88. The number of hydrogen-bond acceptors (Lipinski definition) is 6. The zero-order valence-corrected chi connectivity index (χ0v) is 16.5. The van der Waals surface area contributed by atoms with Crippen molar-refractivity contribution in [2.45, 2.75) is 25.5 Å². The van der Waals surface area contributed by atoms with Crippen LogP contribution in [0.2, 0.25) is 0 Å². The number of piperidine rings is 1. The molecule has 2 fully saturated rings. The summed E-state index contributed by atoms with van der Waals surface area (Å²) in [7, 11) is 0. The minimum atomic E-state index is 0.0698. The molecule has 1 aromatic heterocycles. The van der Waals surface area contributed by atoms with Gasteiger partial charge in [-0.05, 0) is 42.7 Å². The molecule has 0 aliphatic carbocycles. The summed E-state index contributed by atoms with van der Waals surface area (Å²) >= 11 is 0. The van der Waals surface area contributed by atoms with E-state index in [2.05, 4.69) is 21.0 Å². The highest BCUT2D eigenvalue weighted by atomic mass is 16.5. The maximum Gasteiger partial charge on any atom is 0.180 e. The van der Waals surface area contributed by atoms with Crippen LogP contribution < -0.4 is 9.64 Å². The lowest BCUT2D eigenvalue weighted by Crippen LogP contribution is -2.57. The van der Waals surface area contributed by atoms with Gasteiger partial charge >= 0.3 is 0 Å². The lowest BCUT2D eigenvalue weighted by atomic mass is 9.91. The molecule has 29 heavy (non-hydrogen) atoms. The van der Waals surface area contributed by atoms with Crippen LogP contribution in [0.15, 0.2) is 53.1 Å². The van der Waals surface area contributed by atoms with E-state index in [1.54, 1.807) is 0 Å². The van der Waals surface area contributed by atoms with Crippen molar-refractivity contribution in [3.8, 4) is 5.75 Å². The number of aromatic nitrogens is 1. The Morgan fingerprint density at radius 2 is 1.90 bits per heavy atom. The molecule has 0 amide bonds. The molecule has 152 valence electrons. The molecule has 2 aliphatic heterocycles. The monoisotopic (exact) mass is 393 g/mol. The summed E-state index contributed by atoms with van der Waals surface area (Å²) in [5.74, 6) is 2.42. The summed E-state index contributed by atoms with van der Waals surface area (Å²) in [4.78, 5) is 5.00. The Morgan fingerprint density at radius 1 is 1.03 bits per heavy atom. The van der Waals surface area contributed by atoms with Gasteiger partial charge in [0.2, 0.25) is 0 Å². The molecule has 0 spiro atoms. The Hall–Kier alpha value is -2.57. The maximum atomic E-state index is 9.14. The highest BCUT2D eigenvalue weighted by Crippen LogP contribution is 2.31. The molecule has 2 aromatic carbocycles. The first-order valence-corrected chi connectivity index (χ1v) is 10.5. The fraction of sp³-hybridized carbons (Fsp3) is 0.435. The second kappa shape index (κ2) is 8.05. The van der Waals surface area contributed by atoms with Gasteiger partial charge in [0.05, 0.1) is 18.6 Å². The SMILES string of the molecule is OCc1ccc(OC[C@H]2CC[C@H]3CN(c4noc5ccccc45)CCN3C2)cc1. The van der Waals surface area contributed by atoms with E-state index in [0.29, 0.717) is 12.0 Å². The van der Waals surface area contributed by atoms with Crippen molar-refractivity contribution in [3.05, 3.63) is 54.1 Å². The van der Waals surface area contributed by atoms with Crippen molar-refractivity contribution in [2.24, 2.45) is 5.92 Å². The third-order valence-corrected chi connectivity index (χ3v) is 6.26. The van der Waals surface area contributed by atoms with Gasteiger partial charge in [-0.3, -0.25) is 4.90 Å². The van der Waals surface area contributed by atoms with Crippen LogP contribution in [-0.2, 0) is 6.61 Å². The van der Waals surface area contributed by atoms with Crippen LogP contribution in [0, 0.1) is 5.92 Å². The van der Waals surface area contributed by atoms with Crippen LogP contribution >= 0.6 is 0 Å². The first-order valence-electron chi connectivity index (χ1n) is 10.5. The Labute approximate surface area is 170 Å². The van der Waals surface area contributed by atoms with Crippen LogP contribution in [0.4, 0.5) is 5.82 Å². The van der Waals surface area contributed by atoms with Gasteiger partial charge in [0.15, 0.2) is 11.4 Å². The van der Waals surface area contributed by atoms with Gasteiger partial charge in [-0.15, -0.1) is 0 Å². The van der Waals surface area contributed by atoms with Gasteiger partial charge in [-0.25, -0.2) is 0 Å². The molecule has 6 nitrogen and oxygen atoms in total. The first kappa shape index (κ1) is 18.5. The van der Waals surface area contributed by atoms with E-state index < -0.39 is 0 Å². The Morgan fingerprint density at radius 3 is 2.76 bits per heavy atom. The molecule has 3 aromatic rings. The number of rotatable bonds is 5. The van der Waals surface area contributed by atoms with E-state index >= 15 is 0 Å². The van der Waals surface area contributed by atoms with E-state index in [9.17, 15) is 0 Å². The number of aliphatic hydroxyl groups excluding tert-OH is 1. The predicted molar refractivity (Wildman–Crippen MR) is 112 cm³/mol. The molecule has 2 atom stereocenters. The number of ether oxygens (including phenoxy) is 1. The summed E-state index contributed by atoms with van der Waals surface area (Å²) < 4.78 is 11.5. The molecule has 0 unspecified atom stereocenters. The van der Waals surface area contributed by atoms with Gasteiger partial charge in [0.1, 0.15) is 5.75 Å². The van der Waals surface area contributed by atoms with Gasteiger partial charge in [-0.2, -0.15) is 0 Å². The van der Waals surface area contributed by atoms with E-state index in [1.807, 2.05) is 42.5 Å². The molecular formula is C23H27N3O3. The topological polar surface area (TPSA) is 62.0 Å². The highest BCUT2D eigenvalue weighted by Gasteiger charge is 2.34. The molecule has 2 saturated heterocycles. The average molecular weight is 393 g/mol. The van der Waals surface area contributed by atoms with Crippen molar-refractivity contribution in [1.82, 2.24) is 10.1 Å². The van der Waals surface area contributed by atoms with Crippen LogP contribution in [0.1, 0.15) is 18.4 Å². The molecule has 1 N–H and O–H groups in total. The Kier molecular flexibility index (Phi) is 5.12. The largest absolute Gasteiger partial charge is 0.493 e. The average Bonchev–Trinajstić information content (AvgIpc) is 3.22. The first-order chi connectivity index (χ1) is 14.3. The third-order valence-electron chi connectivity index (χ3n) is 6.26. The van der Waals surface area contributed by atoms with E-state index in [-0.39, 0.29) is 6.61 Å². The van der Waals surface area contributed by atoms with Crippen molar-refractivity contribution in [2.75, 3.05) is 37.7 Å². The van der Waals surface area contributed by atoms with Crippen LogP contribution in [0.5, 0.6) is 5.75 Å². The zero-order chi connectivity index (χ0) is 19.6. The van der Waals surface area contributed by atoms with Crippen molar-refractivity contribution >= 4 is 16.8 Å². The van der Waals surface area contributed by atoms with E-state index in [0.717, 1.165) is 60.9 Å². The van der Waals surface area contributed by atoms with E-state index in [4.69, 9.17) is 14.4 Å². The summed E-state index contributed by atoms with van der Waals surface area (Å²) in [6, 6.07) is 16.4. The fourth-order valence-corrected chi connectivity index (χ4v) is 4.59. The Balaban J connectivity index is 1.17. The lowest BCUT2D eigenvalue weighted by Gasteiger charge is -2.46. The smallest absolute Gasteiger partial charge is 0.180 e. The molecule has 3 heterocycles. The van der Waals surface area contributed by atoms with Gasteiger partial charge in [0, 0.05) is 38.1 Å². The van der Waals surface area contributed by atoms with Crippen molar-refractivity contribution in [1.29, 1.82) is 0 Å². The summed E-state index contributed by atoms with van der Waals surface area (Å²) in [5.41, 5.74) is 1.77. The number of anilines is 1. The van der Waals surface area contributed by atoms with E-state index in [1.165, 1.54) is 12.8 Å². The van der Waals surface area contributed by atoms with Crippen molar-refractivity contribution in [3.63, 3.8) is 0 Å². The minimum Gasteiger partial charge on any atom is -0.493 e. The normalized spacial score (nSPS) is 22.6. The van der Waals surface area contributed by atoms with Gasteiger partial charge < -0.3 is 19.3 Å². The quantitative estimate of drug-likeness (QED) is 0.718. The maximum absolute atomic E-state index is 9.14. The molecule has 5 rings (SSSR count). The van der Waals surface area contributed by atoms with Gasteiger partial charge in [0.25, 0.3) is 0 Å². The molecule has 0 radical (unpaired) electrons. The number of fused-ring (bicyclic) bond motifs is 2. The summed E-state index contributed by atoms with van der Waals surface area (Å²) in [6.07, 6.45) is 2.37. The van der Waals surface area contributed by atoms with Crippen LogP contribution in [0.3, 0.4) is 0 Å². The summed E-state index contributed by atoms with van der Waals surface area (Å²) in [5, 5.41) is 14.6. The van der Waals surface area contributed by atoms with Crippen molar-refractivity contribution < 1.29 is 14.4 Å². The number of hydrogen-bond donors (Lipinski definition) is 1. The standard InChI is InChI=1S/C23H27N3O3/c27-15-17-6-9-20(10-7-17)28-16-18-5-8-19-14-26(12-11-25(19)13-18)23-21-3-1-2-4-22(21)29-24-23/h1-4,6-7,9-10,18-19,27H,5,8,11-16H2/t18-,19-/m0/s1. The molecule has 0 saturated carbocycles. The van der Waals surface area contributed by atoms with Crippen LogP contribution in [0.25, 0.3) is 11.0 Å². The van der Waals surface area contributed by atoms with Crippen LogP contribution in [-0.4, -0.2) is 54.0 Å². The minimum absolute atomic E-state index is 0.0698. The molecule has 6 heteroatoms. The second-order valence-electron chi connectivity index (χ2n) is 8.15. The lowest BCUT2D eigenvalue weighted by molar-refractivity contribution is 0.0727. The molecule has 2 aliphatic rings. The fourth-order valence-electron chi connectivity index (χ4n) is 4.59. The number of nitrogens with zero attached hydrogens (tertiary/aromatic N) is 3. The van der Waals surface area contributed by atoms with Gasteiger partial charge in [-0.1, -0.05) is 29.4 Å². The number of benzene rings is 2. The molecule has 0 bridgehead atoms. The second-order valence-corrected chi connectivity index (χ2v) is 8.15. The third kappa shape index (κ3) is 3.82. The number of para-hydroxylation sites is 1. The predicted octanol–water partition coefficient (Wildman–Crippen LogP) is 3.30. The zero-order valence-electron chi connectivity index (χ0n) is 16.5.